The third kappa shape index (κ3) is 2.76. The normalized spacial score (nSPS) is 11.3. The SMILES string of the molecule is Cc1ccc(-c2c(CO)n(C)c(=O)c3c2ccn3-c2ccc(F)cc2)cc1. The number of fused-ring (bicyclic) bond motifs is 1. The first-order valence-corrected chi connectivity index (χ1v) is 8.68. The van der Waals surface area contributed by atoms with Crippen molar-refractivity contribution in [3.63, 3.8) is 0 Å². The van der Waals surface area contributed by atoms with E-state index in [9.17, 15) is 14.3 Å². The Morgan fingerprint density at radius 3 is 2.30 bits per heavy atom. The highest BCUT2D eigenvalue weighted by molar-refractivity contribution is 5.97. The average Bonchev–Trinajstić information content (AvgIpc) is 3.11. The number of nitrogens with zero attached hydrogens (tertiary/aromatic N) is 2. The van der Waals surface area contributed by atoms with Gasteiger partial charge in [-0.3, -0.25) is 4.79 Å². The van der Waals surface area contributed by atoms with Gasteiger partial charge in [-0.05, 0) is 42.8 Å². The summed E-state index contributed by atoms with van der Waals surface area (Å²) >= 11 is 0. The van der Waals surface area contributed by atoms with Crippen molar-refractivity contribution >= 4 is 10.9 Å². The van der Waals surface area contributed by atoms with Gasteiger partial charge in [-0.15, -0.1) is 0 Å². The number of aliphatic hydroxyl groups is 1. The van der Waals surface area contributed by atoms with E-state index in [-0.39, 0.29) is 18.0 Å². The average molecular weight is 362 g/mol. The minimum absolute atomic E-state index is 0.209. The van der Waals surface area contributed by atoms with E-state index in [1.54, 1.807) is 29.9 Å². The van der Waals surface area contributed by atoms with Crippen molar-refractivity contribution in [2.75, 3.05) is 0 Å². The monoisotopic (exact) mass is 362 g/mol. The topological polar surface area (TPSA) is 47.2 Å². The molecule has 4 nitrogen and oxygen atoms in total. The van der Waals surface area contributed by atoms with Crippen LogP contribution in [0.2, 0.25) is 0 Å². The van der Waals surface area contributed by atoms with E-state index in [1.807, 2.05) is 37.3 Å². The van der Waals surface area contributed by atoms with Crippen LogP contribution in [0.3, 0.4) is 0 Å². The van der Waals surface area contributed by atoms with Crippen LogP contribution in [0.4, 0.5) is 4.39 Å². The van der Waals surface area contributed by atoms with Crippen LogP contribution in [-0.2, 0) is 13.7 Å². The molecular formula is C22H19FN2O2. The predicted octanol–water partition coefficient (Wildman–Crippen LogP) is 3.94. The van der Waals surface area contributed by atoms with Gasteiger partial charge in [-0.25, -0.2) is 4.39 Å². The van der Waals surface area contributed by atoms with E-state index in [2.05, 4.69) is 0 Å². The highest BCUT2D eigenvalue weighted by Crippen LogP contribution is 2.32. The van der Waals surface area contributed by atoms with Crippen LogP contribution < -0.4 is 5.56 Å². The molecule has 2 heterocycles. The summed E-state index contributed by atoms with van der Waals surface area (Å²) in [5, 5.41) is 10.7. The zero-order valence-corrected chi connectivity index (χ0v) is 15.1. The van der Waals surface area contributed by atoms with E-state index in [1.165, 1.54) is 16.7 Å². The number of aromatic nitrogens is 2. The fraction of sp³-hybridized carbons (Fsp3) is 0.136. The van der Waals surface area contributed by atoms with Gasteiger partial charge in [0.1, 0.15) is 11.3 Å². The fourth-order valence-corrected chi connectivity index (χ4v) is 3.50. The maximum atomic E-state index is 13.3. The lowest BCUT2D eigenvalue weighted by Gasteiger charge is -2.15. The Bertz CT molecular complexity index is 1190. The maximum absolute atomic E-state index is 13.3. The van der Waals surface area contributed by atoms with Gasteiger partial charge >= 0.3 is 0 Å². The molecule has 1 N–H and O–H groups in total. The van der Waals surface area contributed by atoms with Crippen molar-refractivity contribution in [1.29, 1.82) is 0 Å². The molecule has 0 saturated heterocycles. The lowest BCUT2D eigenvalue weighted by Crippen LogP contribution is -2.23. The summed E-state index contributed by atoms with van der Waals surface area (Å²) in [6, 6.07) is 15.9. The molecular weight excluding hydrogens is 343 g/mol. The van der Waals surface area contributed by atoms with Crippen LogP contribution in [0.25, 0.3) is 27.7 Å². The van der Waals surface area contributed by atoms with Crippen LogP contribution in [-0.4, -0.2) is 14.2 Å². The van der Waals surface area contributed by atoms with Crippen LogP contribution in [0.1, 0.15) is 11.3 Å². The number of halogens is 1. The summed E-state index contributed by atoms with van der Waals surface area (Å²) in [5.74, 6) is -0.328. The molecule has 4 aromatic rings. The summed E-state index contributed by atoms with van der Waals surface area (Å²) in [7, 11) is 1.66. The van der Waals surface area contributed by atoms with E-state index in [0.29, 0.717) is 16.9 Å². The molecule has 0 bridgehead atoms. The molecule has 0 spiro atoms. The second kappa shape index (κ2) is 6.52. The summed E-state index contributed by atoms with van der Waals surface area (Å²) in [4.78, 5) is 13.0. The van der Waals surface area contributed by atoms with Gasteiger partial charge in [0.15, 0.2) is 0 Å². The Kier molecular flexibility index (Phi) is 4.16. The Morgan fingerprint density at radius 1 is 1.00 bits per heavy atom. The number of aryl methyl sites for hydroxylation is 1. The Hall–Kier alpha value is -3.18. The van der Waals surface area contributed by atoms with Gasteiger partial charge in [0, 0.05) is 29.9 Å². The number of benzene rings is 2. The number of hydrogen-bond acceptors (Lipinski definition) is 2. The third-order valence-electron chi connectivity index (χ3n) is 4.95. The highest BCUT2D eigenvalue weighted by atomic mass is 19.1. The molecule has 4 rings (SSSR count). The number of pyridine rings is 1. The number of hydrogen-bond donors (Lipinski definition) is 1. The Balaban J connectivity index is 2.09. The number of aliphatic hydroxyl groups excluding tert-OH is 1. The van der Waals surface area contributed by atoms with E-state index >= 15 is 0 Å². The summed E-state index contributed by atoms with van der Waals surface area (Å²) in [5.41, 5.74) is 4.45. The van der Waals surface area contributed by atoms with Gasteiger partial charge in [0.05, 0.1) is 12.3 Å². The van der Waals surface area contributed by atoms with Gasteiger partial charge in [0.25, 0.3) is 5.56 Å². The van der Waals surface area contributed by atoms with Gasteiger partial charge < -0.3 is 14.2 Å². The lowest BCUT2D eigenvalue weighted by atomic mass is 9.99. The molecule has 0 saturated carbocycles. The van der Waals surface area contributed by atoms with Crippen LogP contribution in [0.15, 0.2) is 65.6 Å². The largest absolute Gasteiger partial charge is 0.390 e. The Morgan fingerprint density at radius 2 is 1.67 bits per heavy atom. The maximum Gasteiger partial charge on any atom is 0.275 e. The molecule has 5 heteroatoms. The third-order valence-corrected chi connectivity index (χ3v) is 4.95. The van der Waals surface area contributed by atoms with Gasteiger partial charge in [0.2, 0.25) is 0 Å². The first kappa shape index (κ1) is 17.2. The molecule has 0 unspecified atom stereocenters. The van der Waals surface area contributed by atoms with E-state index < -0.39 is 0 Å². The Labute approximate surface area is 155 Å². The van der Waals surface area contributed by atoms with Gasteiger partial charge in [-0.1, -0.05) is 29.8 Å². The summed E-state index contributed by atoms with van der Waals surface area (Å²) in [6.07, 6.45) is 1.80. The zero-order valence-electron chi connectivity index (χ0n) is 15.1. The first-order valence-electron chi connectivity index (χ1n) is 8.68. The van der Waals surface area contributed by atoms with Gasteiger partial charge in [-0.2, -0.15) is 0 Å². The van der Waals surface area contributed by atoms with Crippen molar-refractivity contribution in [2.45, 2.75) is 13.5 Å². The molecule has 136 valence electrons. The molecule has 0 radical (unpaired) electrons. The molecule has 0 aliphatic heterocycles. The van der Waals surface area contributed by atoms with Crippen molar-refractivity contribution < 1.29 is 9.50 Å². The highest BCUT2D eigenvalue weighted by Gasteiger charge is 2.19. The second-order valence-electron chi connectivity index (χ2n) is 6.63. The van der Waals surface area contributed by atoms with Crippen molar-refractivity contribution in [3.8, 4) is 16.8 Å². The van der Waals surface area contributed by atoms with Crippen LogP contribution in [0, 0.1) is 12.7 Å². The predicted molar refractivity (Wildman–Crippen MR) is 105 cm³/mol. The minimum Gasteiger partial charge on any atom is -0.390 e. The molecule has 2 aromatic heterocycles. The van der Waals surface area contributed by atoms with Crippen molar-refractivity contribution in [3.05, 3.63) is 88.2 Å². The molecule has 27 heavy (non-hydrogen) atoms. The van der Waals surface area contributed by atoms with E-state index in [0.717, 1.165) is 22.1 Å². The molecule has 0 aliphatic rings. The second-order valence-corrected chi connectivity index (χ2v) is 6.63. The molecule has 0 aliphatic carbocycles. The first-order chi connectivity index (χ1) is 13.0. The minimum atomic E-state index is -0.328. The smallest absolute Gasteiger partial charge is 0.275 e. The molecule has 0 amide bonds. The standard InChI is InChI=1S/C22H19FN2O2/c1-14-3-5-15(6-4-14)20-18-11-12-25(17-9-7-16(23)8-10-17)21(18)22(27)24(2)19(20)13-26/h3-12,26H,13H2,1-2H3. The lowest BCUT2D eigenvalue weighted by molar-refractivity contribution is 0.272. The van der Waals surface area contributed by atoms with Crippen molar-refractivity contribution in [1.82, 2.24) is 9.13 Å². The quantitative estimate of drug-likeness (QED) is 0.600. The van der Waals surface area contributed by atoms with Crippen molar-refractivity contribution in [2.24, 2.45) is 7.05 Å². The number of rotatable bonds is 3. The fourth-order valence-electron chi connectivity index (χ4n) is 3.50. The summed E-state index contributed by atoms with van der Waals surface area (Å²) in [6.45, 7) is 1.77. The van der Waals surface area contributed by atoms with E-state index in [4.69, 9.17) is 0 Å². The van der Waals surface area contributed by atoms with Crippen LogP contribution >= 0.6 is 0 Å². The molecule has 0 atom stereocenters. The molecule has 2 aromatic carbocycles. The summed E-state index contributed by atoms with van der Waals surface area (Å²) < 4.78 is 16.5. The zero-order chi connectivity index (χ0) is 19.1. The molecule has 0 fully saturated rings. The van der Waals surface area contributed by atoms with Crippen LogP contribution in [0.5, 0.6) is 0 Å².